The lowest BCUT2D eigenvalue weighted by molar-refractivity contribution is 0.355. The van der Waals surface area contributed by atoms with Crippen molar-refractivity contribution in [3.63, 3.8) is 0 Å². The van der Waals surface area contributed by atoms with Gasteiger partial charge < -0.3 is 5.32 Å². The molecule has 0 bridgehead atoms. The Morgan fingerprint density at radius 1 is 1.32 bits per heavy atom. The minimum atomic E-state index is -0.228. The SMILES string of the molecule is Cc1ccc(F)c(NCc2cnn(C(C)(C)C)c2)c1. The van der Waals surface area contributed by atoms with Gasteiger partial charge in [0.1, 0.15) is 5.82 Å². The highest BCUT2D eigenvalue weighted by Gasteiger charge is 2.13. The van der Waals surface area contributed by atoms with Crippen molar-refractivity contribution in [1.29, 1.82) is 0 Å². The molecular formula is C15H20FN3. The van der Waals surface area contributed by atoms with E-state index in [0.29, 0.717) is 12.2 Å². The summed E-state index contributed by atoms with van der Waals surface area (Å²) >= 11 is 0. The first-order chi connectivity index (χ1) is 8.86. The number of rotatable bonds is 3. The van der Waals surface area contributed by atoms with Crippen LogP contribution in [0.4, 0.5) is 10.1 Å². The lowest BCUT2D eigenvalue weighted by Crippen LogP contribution is -2.21. The molecule has 1 aromatic heterocycles. The second-order valence-electron chi connectivity index (χ2n) is 5.80. The number of aromatic nitrogens is 2. The normalized spacial score (nSPS) is 11.6. The van der Waals surface area contributed by atoms with Gasteiger partial charge in [-0.3, -0.25) is 4.68 Å². The van der Waals surface area contributed by atoms with E-state index in [0.717, 1.165) is 11.1 Å². The van der Waals surface area contributed by atoms with E-state index < -0.39 is 0 Å². The van der Waals surface area contributed by atoms with Crippen LogP contribution in [0.25, 0.3) is 0 Å². The average Bonchev–Trinajstić information content (AvgIpc) is 2.79. The first-order valence-electron chi connectivity index (χ1n) is 6.40. The van der Waals surface area contributed by atoms with E-state index in [-0.39, 0.29) is 11.4 Å². The lowest BCUT2D eigenvalue weighted by atomic mass is 10.1. The Hall–Kier alpha value is -1.84. The second-order valence-corrected chi connectivity index (χ2v) is 5.80. The van der Waals surface area contributed by atoms with Crippen molar-refractivity contribution in [2.75, 3.05) is 5.32 Å². The van der Waals surface area contributed by atoms with Gasteiger partial charge in [-0.05, 0) is 45.4 Å². The molecule has 102 valence electrons. The van der Waals surface area contributed by atoms with Crippen LogP contribution in [0.2, 0.25) is 0 Å². The molecule has 1 N–H and O–H groups in total. The third-order valence-corrected chi connectivity index (χ3v) is 2.93. The fourth-order valence-electron chi connectivity index (χ4n) is 1.79. The van der Waals surface area contributed by atoms with Gasteiger partial charge in [-0.15, -0.1) is 0 Å². The number of anilines is 1. The van der Waals surface area contributed by atoms with Crippen LogP contribution in [-0.4, -0.2) is 9.78 Å². The average molecular weight is 261 g/mol. The molecule has 0 aliphatic heterocycles. The monoisotopic (exact) mass is 261 g/mol. The van der Waals surface area contributed by atoms with Crippen LogP contribution >= 0.6 is 0 Å². The molecule has 2 rings (SSSR count). The molecule has 0 unspecified atom stereocenters. The number of nitrogens with zero attached hydrogens (tertiary/aromatic N) is 2. The minimum absolute atomic E-state index is 0.0349. The van der Waals surface area contributed by atoms with E-state index in [1.54, 1.807) is 6.07 Å². The Balaban J connectivity index is 2.06. The standard InChI is InChI=1S/C15H20FN3/c1-11-5-6-13(16)14(7-11)17-8-12-9-18-19(10-12)15(2,3)4/h5-7,9-10,17H,8H2,1-4H3. The van der Waals surface area contributed by atoms with E-state index in [1.165, 1.54) is 6.07 Å². The highest BCUT2D eigenvalue weighted by Crippen LogP contribution is 2.18. The second kappa shape index (κ2) is 5.03. The molecule has 0 radical (unpaired) electrons. The molecule has 0 aliphatic carbocycles. The summed E-state index contributed by atoms with van der Waals surface area (Å²) in [5.41, 5.74) is 2.57. The molecule has 0 fully saturated rings. The molecule has 4 heteroatoms. The summed E-state index contributed by atoms with van der Waals surface area (Å²) in [6.45, 7) is 8.80. The van der Waals surface area contributed by atoms with Gasteiger partial charge in [0.05, 0.1) is 17.4 Å². The van der Waals surface area contributed by atoms with Crippen LogP contribution in [0.1, 0.15) is 31.9 Å². The van der Waals surface area contributed by atoms with Crippen molar-refractivity contribution in [2.24, 2.45) is 0 Å². The number of hydrogen-bond donors (Lipinski definition) is 1. The molecular weight excluding hydrogens is 241 g/mol. The van der Waals surface area contributed by atoms with Crippen molar-refractivity contribution in [3.8, 4) is 0 Å². The fraction of sp³-hybridized carbons (Fsp3) is 0.400. The van der Waals surface area contributed by atoms with Crippen LogP contribution in [0, 0.1) is 12.7 Å². The van der Waals surface area contributed by atoms with Gasteiger partial charge in [-0.2, -0.15) is 5.10 Å². The first-order valence-corrected chi connectivity index (χ1v) is 6.40. The number of nitrogens with one attached hydrogen (secondary N) is 1. The number of halogens is 1. The zero-order valence-electron chi connectivity index (χ0n) is 11.9. The molecule has 2 aromatic rings. The molecule has 0 saturated heterocycles. The van der Waals surface area contributed by atoms with E-state index in [4.69, 9.17) is 0 Å². The molecule has 0 amide bonds. The zero-order valence-corrected chi connectivity index (χ0v) is 11.9. The van der Waals surface area contributed by atoms with Crippen molar-refractivity contribution >= 4 is 5.69 Å². The maximum Gasteiger partial charge on any atom is 0.146 e. The highest BCUT2D eigenvalue weighted by atomic mass is 19.1. The summed E-state index contributed by atoms with van der Waals surface area (Å²) in [6.07, 6.45) is 3.80. The van der Waals surface area contributed by atoms with Crippen LogP contribution in [0.5, 0.6) is 0 Å². The summed E-state index contributed by atoms with van der Waals surface area (Å²) in [5, 5.41) is 7.43. The van der Waals surface area contributed by atoms with Crippen molar-refractivity contribution in [2.45, 2.75) is 39.8 Å². The fourth-order valence-corrected chi connectivity index (χ4v) is 1.79. The van der Waals surface area contributed by atoms with E-state index >= 15 is 0 Å². The molecule has 1 heterocycles. The van der Waals surface area contributed by atoms with Gasteiger partial charge in [-0.25, -0.2) is 4.39 Å². The van der Waals surface area contributed by atoms with Gasteiger partial charge in [0.2, 0.25) is 0 Å². The highest BCUT2D eigenvalue weighted by molar-refractivity contribution is 5.47. The Kier molecular flexibility index (Phi) is 3.60. The van der Waals surface area contributed by atoms with Crippen molar-refractivity contribution in [3.05, 3.63) is 47.5 Å². The molecule has 3 nitrogen and oxygen atoms in total. The Morgan fingerprint density at radius 2 is 2.05 bits per heavy atom. The molecule has 0 saturated carbocycles. The molecule has 0 atom stereocenters. The van der Waals surface area contributed by atoms with Crippen molar-refractivity contribution in [1.82, 2.24) is 9.78 Å². The zero-order chi connectivity index (χ0) is 14.0. The summed E-state index contributed by atoms with van der Waals surface area (Å²) in [4.78, 5) is 0. The number of benzene rings is 1. The van der Waals surface area contributed by atoms with Gasteiger partial charge in [0, 0.05) is 18.3 Å². The smallest absolute Gasteiger partial charge is 0.146 e. The predicted molar refractivity (Wildman–Crippen MR) is 75.7 cm³/mol. The summed E-state index contributed by atoms with van der Waals surface area (Å²) < 4.78 is 15.5. The van der Waals surface area contributed by atoms with Crippen molar-refractivity contribution < 1.29 is 4.39 Å². The van der Waals surface area contributed by atoms with Gasteiger partial charge in [0.25, 0.3) is 0 Å². The molecule has 0 aliphatic rings. The van der Waals surface area contributed by atoms with Crippen LogP contribution in [0.15, 0.2) is 30.6 Å². The topological polar surface area (TPSA) is 29.9 Å². The van der Waals surface area contributed by atoms with Crippen LogP contribution in [0.3, 0.4) is 0 Å². The van der Waals surface area contributed by atoms with E-state index in [1.807, 2.05) is 30.1 Å². The first kappa shape index (κ1) is 13.6. The quantitative estimate of drug-likeness (QED) is 0.913. The van der Waals surface area contributed by atoms with Crippen LogP contribution in [-0.2, 0) is 12.1 Å². The number of hydrogen-bond acceptors (Lipinski definition) is 2. The molecule has 19 heavy (non-hydrogen) atoms. The lowest BCUT2D eigenvalue weighted by Gasteiger charge is -2.18. The van der Waals surface area contributed by atoms with E-state index in [2.05, 4.69) is 31.2 Å². The Labute approximate surface area is 113 Å². The maximum absolute atomic E-state index is 13.6. The number of aryl methyl sites for hydroxylation is 1. The minimum Gasteiger partial charge on any atom is -0.378 e. The largest absolute Gasteiger partial charge is 0.378 e. The van der Waals surface area contributed by atoms with Gasteiger partial charge in [-0.1, -0.05) is 6.07 Å². The van der Waals surface area contributed by atoms with Crippen LogP contribution < -0.4 is 5.32 Å². The Bertz CT molecular complexity index is 567. The third-order valence-electron chi connectivity index (χ3n) is 2.93. The van der Waals surface area contributed by atoms with Gasteiger partial charge >= 0.3 is 0 Å². The predicted octanol–water partition coefficient (Wildman–Crippen LogP) is 3.70. The summed E-state index contributed by atoms with van der Waals surface area (Å²) in [5.74, 6) is -0.228. The summed E-state index contributed by atoms with van der Waals surface area (Å²) in [6, 6.07) is 5.05. The maximum atomic E-state index is 13.6. The Morgan fingerprint density at radius 3 is 2.68 bits per heavy atom. The summed E-state index contributed by atoms with van der Waals surface area (Å²) in [7, 11) is 0. The van der Waals surface area contributed by atoms with E-state index in [9.17, 15) is 4.39 Å². The molecule has 1 aromatic carbocycles. The molecule has 0 spiro atoms. The van der Waals surface area contributed by atoms with Gasteiger partial charge in [0.15, 0.2) is 0 Å². The third kappa shape index (κ3) is 3.34.